The van der Waals surface area contributed by atoms with Gasteiger partial charge in [0.25, 0.3) is 0 Å². The predicted octanol–water partition coefficient (Wildman–Crippen LogP) is 4.51. The molecular weight excluding hydrogens is 267 g/mol. The summed E-state index contributed by atoms with van der Waals surface area (Å²) in [6.07, 6.45) is 0.598. The molecule has 0 radical (unpaired) electrons. The lowest BCUT2D eigenvalue weighted by atomic mass is 9.87. The van der Waals surface area contributed by atoms with Crippen LogP contribution >= 0.6 is 0 Å². The third kappa shape index (κ3) is 3.69. The highest BCUT2D eigenvalue weighted by atomic mass is 19.1. The van der Waals surface area contributed by atoms with Crippen LogP contribution in [0, 0.1) is 5.82 Å². The van der Waals surface area contributed by atoms with E-state index in [1.165, 1.54) is 23.8 Å². The Bertz CT molecular complexity index is 625. The number of para-hydroxylation sites is 1. The van der Waals surface area contributed by atoms with Gasteiger partial charge in [-0.3, -0.25) is 4.79 Å². The Morgan fingerprint density at radius 3 is 2.33 bits per heavy atom. The highest BCUT2D eigenvalue weighted by molar-refractivity contribution is 5.79. The maximum atomic E-state index is 13.7. The van der Waals surface area contributed by atoms with Crippen LogP contribution in [0.15, 0.2) is 42.5 Å². The van der Waals surface area contributed by atoms with Gasteiger partial charge >= 0.3 is 0 Å². The third-order valence-electron chi connectivity index (χ3n) is 3.33. The molecule has 0 saturated carbocycles. The minimum atomic E-state index is -0.522. The van der Waals surface area contributed by atoms with Crippen molar-refractivity contribution in [2.45, 2.75) is 32.8 Å². The second kappa shape index (κ2) is 6.08. The quantitative estimate of drug-likeness (QED) is 0.773. The van der Waals surface area contributed by atoms with Crippen LogP contribution in [0.25, 0.3) is 0 Å². The first-order valence-electron chi connectivity index (χ1n) is 6.88. The van der Waals surface area contributed by atoms with E-state index >= 15 is 0 Å². The van der Waals surface area contributed by atoms with Gasteiger partial charge in [-0.15, -0.1) is 0 Å². The second-order valence-corrected chi connectivity index (χ2v) is 6.01. The van der Waals surface area contributed by atoms with Crippen molar-refractivity contribution in [2.24, 2.45) is 0 Å². The lowest BCUT2D eigenvalue weighted by Crippen LogP contribution is -2.11. The van der Waals surface area contributed by atoms with Crippen molar-refractivity contribution in [2.75, 3.05) is 0 Å². The molecule has 0 spiro atoms. The minimum absolute atomic E-state index is 0.00685. The van der Waals surface area contributed by atoms with Gasteiger partial charge in [-0.1, -0.05) is 51.1 Å². The van der Waals surface area contributed by atoms with Gasteiger partial charge < -0.3 is 4.74 Å². The average molecular weight is 286 g/mol. The van der Waals surface area contributed by atoms with Crippen LogP contribution in [-0.2, 0) is 12.0 Å². The first-order chi connectivity index (χ1) is 9.91. The zero-order valence-electron chi connectivity index (χ0n) is 12.5. The van der Waals surface area contributed by atoms with Gasteiger partial charge in [-0.2, -0.15) is 0 Å². The van der Waals surface area contributed by atoms with E-state index in [0.717, 1.165) is 5.56 Å². The van der Waals surface area contributed by atoms with Gasteiger partial charge in [0, 0.05) is 0 Å². The van der Waals surface area contributed by atoms with Crippen LogP contribution < -0.4 is 4.74 Å². The van der Waals surface area contributed by atoms with Gasteiger partial charge in [0.2, 0.25) is 0 Å². The number of carbonyl (C=O) groups excluding carboxylic acids is 1. The lowest BCUT2D eigenvalue weighted by molar-refractivity contribution is 0.111. The highest BCUT2D eigenvalue weighted by Crippen LogP contribution is 2.24. The molecule has 2 aromatic carbocycles. The van der Waals surface area contributed by atoms with E-state index < -0.39 is 5.82 Å². The van der Waals surface area contributed by atoms with Gasteiger partial charge in [-0.05, 0) is 28.7 Å². The molecule has 0 saturated heterocycles. The maximum absolute atomic E-state index is 13.7. The average Bonchev–Trinajstić information content (AvgIpc) is 2.45. The Kier molecular flexibility index (Phi) is 4.41. The van der Waals surface area contributed by atoms with E-state index in [1.807, 2.05) is 24.3 Å². The molecule has 0 N–H and O–H groups in total. The molecule has 2 nitrogen and oxygen atoms in total. The molecule has 3 heteroatoms. The molecule has 0 aliphatic rings. The Balaban J connectivity index is 2.12. The number of carbonyl (C=O) groups is 1. The number of benzene rings is 2. The monoisotopic (exact) mass is 286 g/mol. The molecule has 0 aliphatic heterocycles. The molecule has 0 fully saturated rings. The SMILES string of the molecule is CC(C)(C)c1ccc(COc2c(F)cccc2C=O)cc1. The Labute approximate surface area is 124 Å². The zero-order valence-corrected chi connectivity index (χ0v) is 12.5. The lowest BCUT2D eigenvalue weighted by Gasteiger charge is -2.19. The standard InChI is InChI=1S/C18H19FO2/c1-18(2,3)15-9-7-13(8-10-15)12-21-17-14(11-20)5-4-6-16(17)19/h4-11H,12H2,1-3H3. The Morgan fingerprint density at radius 1 is 1.10 bits per heavy atom. The predicted molar refractivity (Wildman–Crippen MR) is 81.3 cm³/mol. The topological polar surface area (TPSA) is 26.3 Å². The molecule has 21 heavy (non-hydrogen) atoms. The summed E-state index contributed by atoms with van der Waals surface area (Å²) in [5.74, 6) is -0.515. The van der Waals surface area contributed by atoms with E-state index in [4.69, 9.17) is 4.74 Å². The molecule has 2 rings (SSSR count). The fourth-order valence-corrected chi connectivity index (χ4v) is 2.03. The molecule has 2 aromatic rings. The molecular formula is C18H19FO2. The minimum Gasteiger partial charge on any atom is -0.485 e. The summed E-state index contributed by atoms with van der Waals surface area (Å²) in [5.41, 5.74) is 2.48. The van der Waals surface area contributed by atoms with Crippen LogP contribution in [0.5, 0.6) is 5.75 Å². The normalized spacial score (nSPS) is 11.2. The first kappa shape index (κ1) is 15.2. The van der Waals surface area contributed by atoms with Crippen molar-refractivity contribution in [3.63, 3.8) is 0 Å². The molecule has 110 valence electrons. The van der Waals surface area contributed by atoms with E-state index in [9.17, 15) is 9.18 Å². The molecule has 0 heterocycles. The Morgan fingerprint density at radius 2 is 1.76 bits per heavy atom. The van der Waals surface area contributed by atoms with Crippen molar-refractivity contribution in [1.82, 2.24) is 0 Å². The van der Waals surface area contributed by atoms with Crippen LogP contribution in [0.3, 0.4) is 0 Å². The number of hydrogen-bond acceptors (Lipinski definition) is 2. The van der Waals surface area contributed by atoms with E-state index in [0.29, 0.717) is 6.29 Å². The highest BCUT2D eigenvalue weighted by Gasteiger charge is 2.13. The summed E-state index contributed by atoms with van der Waals surface area (Å²) in [7, 11) is 0. The molecule has 0 amide bonds. The van der Waals surface area contributed by atoms with Gasteiger partial charge in [0.05, 0.1) is 5.56 Å². The summed E-state index contributed by atoms with van der Waals surface area (Å²) in [6.45, 7) is 6.67. The van der Waals surface area contributed by atoms with Crippen LogP contribution in [0.4, 0.5) is 4.39 Å². The van der Waals surface area contributed by atoms with Crippen molar-refractivity contribution in [1.29, 1.82) is 0 Å². The summed E-state index contributed by atoms with van der Waals surface area (Å²) >= 11 is 0. The van der Waals surface area contributed by atoms with Gasteiger partial charge in [-0.25, -0.2) is 4.39 Å². The fraction of sp³-hybridized carbons (Fsp3) is 0.278. The first-order valence-corrected chi connectivity index (χ1v) is 6.88. The van der Waals surface area contributed by atoms with Crippen molar-refractivity contribution in [3.05, 3.63) is 65.0 Å². The second-order valence-electron chi connectivity index (χ2n) is 6.01. The Hall–Kier alpha value is -2.16. The molecule has 0 atom stereocenters. The number of ether oxygens (including phenoxy) is 1. The smallest absolute Gasteiger partial charge is 0.165 e. The van der Waals surface area contributed by atoms with Crippen LogP contribution in [-0.4, -0.2) is 6.29 Å². The summed E-state index contributed by atoms with van der Waals surface area (Å²) < 4.78 is 19.1. The van der Waals surface area contributed by atoms with E-state index in [1.54, 1.807) is 0 Å². The molecule has 0 unspecified atom stereocenters. The summed E-state index contributed by atoms with van der Waals surface area (Å²) in [4.78, 5) is 10.9. The summed E-state index contributed by atoms with van der Waals surface area (Å²) in [5, 5.41) is 0. The van der Waals surface area contributed by atoms with Crippen LogP contribution in [0.1, 0.15) is 42.3 Å². The summed E-state index contributed by atoms with van der Waals surface area (Å²) in [6, 6.07) is 12.3. The number of hydrogen-bond donors (Lipinski definition) is 0. The maximum Gasteiger partial charge on any atom is 0.165 e. The van der Waals surface area contributed by atoms with Crippen molar-refractivity contribution >= 4 is 6.29 Å². The number of aldehydes is 1. The van der Waals surface area contributed by atoms with Crippen molar-refractivity contribution < 1.29 is 13.9 Å². The van der Waals surface area contributed by atoms with Crippen molar-refractivity contribution in [3.8, 4) is 5.75 Å². The molecule has 0 aromatic heterocycles. The van der Waals surface area contributed by atoms with E-state index in [2.05, 4.69) is 20.8 Å². The molecule has 0 aliphatic carbocycles. The fourth-order valence-electron chi connectivity index (χ4n) is 2.03. The van der Waals surface area contributed by atoms with Gasteiger partial charge in [0.15, 0.2) is 17.9 Å². The van der Waals surface area contributed by atoms with E-state index in [-0.39, 0.29) is 23.3 Å². The molecule has 0 bridgehead atoms. The third-order valence-corrected chi connectivity index (χ3v) is 3.33. The van der Waals surface area contributed by atoms with Gasteiger partial charge in [0.1, 0.15) is 6.61 Å². The number of halogens is 1. The van der Waals surface area contributed by atoms with Crippen LogP contribution in [0.2, 0.25) is 0 Å². The largest absolute Gasteiger partial charge is 0.485 e. The number of rotatable bonds is 4. The zero-order chi connectivity index (χ0) is 15.5.